The van der Waals surface area contributed by atoms with Crippen molar-refractivity contribution in [3.63, 3.8) is 0 Å². The first kappa shape index (κ1) is 17.2. The topological polar surface area (TPSA) is 66.5 Å². The molecule has 1 amide bonds. The average molecular weight is 354 g/mol. The number of carbonyl (C=O) groups is 1. The highest BCUT2D eigenvalue weighted by Gasteiger charge is 2.26. The maximum absolute atomic E-state index is 12.7. The average Bonchev–Trinajstić information content (AvgIpc) is 3.45. The van der Waals surface area contributed by atoms with Crippen LogP contribution in [0.25, 0.3) is 10.9 Å². The van der Waals surface area contributed by atoms with Crippen molar-refractivity contribution in [3.05, 3.63) is 35.9 Å². The smallest absolute Gasteiger partial charge is 0.252 e. The minimum Gasteiger partial charge on any atom is -0.373 e. The number of pyridine rings is 1. The van der Waals surface area contributed by atoms with Crippen LogP contribution in [0.1, 0.15) is 30.1 Å². The van der Waals surface area contributed by atoms with Crippen LogP contribution in [-0.2, 0) is 4.74 Å². The van der Waals surface area contributed by atoms with Gasteiger partial charge in [0.25, 0.3) is 5.91 Å². The lowest BCUT2D eigenvalue weighted by Gasteiger charge is -2.34. The molecule has 4 rings (SSSR count). The van der Waals surface area contributed by atoms with Crippen LogP contribution >= 0.6 is 0 Å². The summed E-state index contributed by atoms with van der Waals surface area (Å²) in [5.74, 6) is 0.699. The number of fused-ring (bicyclic) bond motifs is 1. The molecular weight excluding hydrogens is 328 g/mol. The molecule has 1 aromatic carbocycles. The summed E-state index contributed by atoms with van der Waals surface area (Å²) in [6.07, 6.45) is 2.25. The normalized spacial score (nSPS) is 22.2. The Morgan fingerprint density at radius 3 is 2.92 bits per heavy atom. The summed E-state index contributed by atoms with van der Waals surface area (Å²) in [5, 5.41) is 7.42. The third-order valence-corrected chi connectivity index (χ3v) is 5.10. The van der Waals surface area contributed by atoms with Gasteiger partial charge in [-0.2, -0.15) is 0 Å². The van der Waals surface area contributed by atoms with Gasteiger partial charge in [-0.3, -0.25) is 4.79 Å². The Balaban J connectivity index is 1.59. The van der Waals surface area contributed by atoms with Crippen LogP contribution in [-0.4, -0.2) is 60.7 Å². The van der Waals surface area contributed by atoms with Gasteiger partial charge in [-0.25, -0.2) is 4.98 Å². The predicted octanol–water partition coefficient (Wildman–Crippen LogP) is 2.26. The Kier molecular flexibility index (Phi) is 4.78. The number of carbonyl (C=O) groups excluding carboxylic acids is 1. The number of hydrogen-bond donors (Lipinski definition) is 2. The molecule has 2 atom stereocenters. The van der Waals surface area contributed by atoms with Gasteiger partial charge in [-0.05, 0) is 38.9 Å². The highest BCUT2D eigenvalue weighted by atomic mass is 16.5. The summed E-state index contributed by atoms with van der Waals surface area (Å²) in [7, 11) is 2.11. The summed E-state index contributed by atoms with van der Waals surface area (Å²) >= 11 is 0. The second-order valence-corrected chi connectivity index (χ2v) is 7.42. The summed E-state index contributed by atoms with van der Waals surface area (Å²) in [5.41, 5.74) is 1.51. The van der Waals surface area contributed by atoms with Crippen molar-refractivity contribution in [2.75, 3.05) is 32.1 Å². The van der Waals surface area contributed by atoms with E-state index in [1.54, 1.807) is 0 Å². The molecule has 0 radical (unpaired) electrons. The lowest BCUT2D eigenvalue weighted by molar-refractivity contribution is -0.0259. The van der Waals surface area contributed by atoms with Gasteiger partial charge >= 0.3 is 0 Å². The zero-order chi connectivity index (χ0) is 18.1. The van der Waals surface area contributed by atoms with E-state index in [4.69, 9.17) is 9.72 Å². The van der Waals surface area contributed by atoms with Gasteiger partial charge in [0.2, 0.25) is 0 Å². The molecule has 2 aliphatic rings. The number of aromatic nitrogens is 1. The van der Waals surface area contributed by atoms with Crippen molar-refractivity contribution in [2.45, 2.75) is 38.0 Å². The lowest BCUT2D eigenvalue weighted by Crippen LogP contribution is -2.47. The number of nitrogens with one attached hydrogen (secondary N) is 2. The molecule has 1 aliphatic carbocycles. The van der Waals surface area contributed by atoms with E-state index in [0.29, 0.717) is 17.4 Å². The maximum Gasteiger partial charge on any atom is 0.252 e. The summed E-state index contributed by atoms with van der Waals surface area (Å²) in [6.45, 7) is 4.69. The summed E-state index contributed by atoms with van der Waals surface area (Å²) in [4.78, 5) is 19.7. The number of benzene rings is 1. The van der Waals surface area contributed by atoms with Crippen LogP contribution in [0, 0.1) is 0 Å². The van der Waals surface area contributed by atoms with E-state index >= 15 is 0 Å². The first-order valence-electron chi connectivity index (χ1n) is 9.37. The number of morpholine rings is 1. The van der Waals surface area contributed by atoms with E-state index in [2.05, 4.69) is 29.5 Å². The quantitative estimate of drug-likeness (QED) is 0.862. The van der Waals surface area contributed by atoms with E-state index in [1.165, 1.54) is 0 Å². The SMILES string of the molecule is CC(Nc1cc(C(=O)NC2CC2)c2ccccc2n1)C1CN(C)CCO1. The Morgan fingerprint density at radius 1 is 1.35 bits per heavy atom. The zero-order valence-corrected chi connectivity index (χ0v) is 15.4. The standard InChI is InChI=1S/C20H26N4O2/c1-13(18-12-24(2)9-10-26-18)21-19-11-16(20(25)22-14-7-8-14)15-5-3-4-6-17(15)23-19/h3-6,11,13-14,18H,7-10,12H2,1-2H3,(H,21,23)(H,22,25). The van der Waals surface area contributed by atoms with E-state index < -0.39 is 0 Å². The molecule has 1 aliphatic heterocycles. The monoisotopic (exact) mass is 354 g/mol. The van der Waals surface area contributed by atoms with Crippen LogP contribution in [0.5, 0.6) is 0 Å². The van der Waals surface area contributed by atoms with E-state index in [0.717, 1.165) is 43.4 Å². The number of anilines is 1. The van der Waals surface area contributed by atoms with Crippen molar-refractivity contribution in [1.29, 1.82) is 0 Å². The molecule has 2 aromatic rings. The predicted molar refractivity (Wildman–Crippen MR) is 103 cm³/mol. The number of rotatable bonds is 5. The third-order valence-electron chi connectivity index (χ3n) is 5.10. The van der Waals surface area contributed by atoms with Crippen LogP contribution < -0.4 is 10.6 Å². The Hall–Kier alpha value is -2.18. The fraction of sp³-hybridized carbons (Fsp3) is 0.500. The van der Waals surface area contributed by atoms with Gasteiger partial charge in [0.15, 0.2) is 0 Å². The molecule has 1 saturated carbocycles. The van der Waals surface area contributed by atoms with E-state index in [9.17, 15) is 4.79 Å². The van der Waals surface area contributed by atoms with Crippen LogP contribution in [0.15, 0.2) is 30.3 Å². The van der Waals surface area contributed by atoms with Gasteiger partial charge in [0.1, 0.15) is 5.82 Å². The van der Waals surface area contributed by atoms with Crippen molar-refractivity contribution in [3.8, 4) is 0 Å². The van der Waals surface area contributed by atoms with Gasteiger partial charge in [0, 0.05) is 24.5 Å². The lowest BCUT2D eigenvalue weighted by atomic mass is 10.1. The number of para-hydroxylation sites is 1. The van der Waals surface area contributed by atoms with Crippen molar-refractivity contribution in [1.82, 2.24) is 15.2 Å². The second kappa shape index (κ2) is 7.21. The molecule has 138 valence electrons. The molecule has 2 unspecified atom stereocenters. The number of amides is 1. The first-order chi connectivity index (χ1) is 12.6. The van der Waals surface area contributed by atoms with E-state index in [-0.39, 0.29) is 18.1 Å². The van der Waals surface area contributed by atoms with Gasteiger partial charge in [0.05, 0.1) is 29.8 Å². The molecule has 6 nitrogen and oxygen atoms in total. The second-order valence-electron chi connectivity index (χ2n) is 7.42. The van der Waals surface area contributed by atoms with Crippen LogP contribution in [0.4, 0.5) is 5.82 Å². The maximum atomic E-state index is 12.7. The molecule has 1 saturated heterocycles. The minimum absolute atomic E-state index is 0.0181. The number of nitrogens with zero attached hydrogens (tertiary/aromatic N) is 2. The molecule has 0 spiro atoms. The highest BCUT2D eigenvalue weighted by Crippen LogP contribution is 2.24. The molecule has 2 heterocycles. The molecule has 26 heavy (non-hydrogen) atoms. The summed E-state index contributed by atoms with van der Waals surface area (Å²) in [6, 6.07) is 10.1. The molecule has 2 fully saturated rings. The van der Waals surface area contributed by atoms with E-state index in [1.807, 2.05) is 30.3 Å². The fourth-order valence-electron chi connectivity index (χ4n) is 3.37. The molecule has 2 N–H and O–H groups in total. The molecule has 6 heteroatoms. The molecule has 0 bridgehead atoms. The van der Waals surface area contributed by atoms with Crippen LogP contribution in [0.2, 0.25) is 0 Å². The molecule has 1 aromatic heterocycles. The van der Waals surface area contributed by atoms with Gasteiger partial charge in [-0.1, -0.05) is 18.2 Å². The number of likely N-dealkylation sites (N-methyl/N-ethyl adjacent to an activating group) is 1. The Morgan fingerprint density at radius 2 is 2.15 bits per heavy atom. The first-order valence-corrected chi connectivity index (χ1v) is 9.37. The van der Waals surface area contributed by atoms with Crippen molar-refractivity contribution >= 4 is 22.6 Å². The van der Waals surface area contributed by atoms with Crippen molar-refractivity contribution < 1.29 is 9.53 Å². The number of ether oxygens (including phenoxy) is 1. The number of hydrogen-bond acceptors (Lipinski definition) is 5. The Bertz CT molecular complexity index is 805. The molecular formula is C20H26N4O2. The zero-order valence-electron chi connectivity index (χ0n) is 15.4. The van der Waals surface area contributed by atoms with Gasteiger partial charge < -0.3 is 20.3 Å². The Labute approximate surface area is 153 Å². The largest absolute Gasteiger partial charge is 0.373 e. The van der Waals surface area contributed by atoms with Crippen LogP contribution in [0.3, 0.4) is 0 Å². The van der Waals surface area contributed by atoms with Gasteiger partial charge in [-0.15, -0.1) is 0 Å². The third kappa shape index (κ3) is 3.81. The fourth-order valence-corrected chi connectivity index (χ4v) is 3.37. The minimum atomic E-state index is -0.0181. The van der Waals surface area contributed by atoms with Crippen molar-refractivity contribution in [2.24, 2.45) is 0 Å². The summed E-state index contributed by atoms with van der Waals surface area (Å²) < 4.78 is 5.90. The highest BCUT2D eigenvalue weighted by molar-refractivity contribution is 6.07.